The zero-order valence-corrected chi connectivity index (χ0v) is 15.0. The average molecular weight is 316 g/mol. The zero-order valence-electron chi connectivity index (χ0n) is 14.2. The van der Waals surface area contributed by atoms with E-state index < -0.39 is 10.8 Å². The minimum absolute atomic E-state index is 0.239. The normalized spacial score (nSPS) is 35.8. The van der Waals surface area contributed by atoms with Crippen molar-refractivity contribution in [3.05, 3.63) is 0 Å². The summed E-state index contributed by atoms with van der Waals surface area (Å²) in [6, 6.07) is 0.413. The van der Waals surface area contributed by atoms with Gasteiger partial charge in [0.15, 0.2) is 0 Å². The van der Waals surface area contributed by atoms with Crippen LogP contribution in [0, 0.1) is 11.3 Å². The first-order valence-electron chi connectivity index (χ1n) is 8.64. The standard InChI is InChI=1S/C17H33NO2S/c1-5-17(2,3)13-8-9-15(18-4)16(11-13)21(19)12-14-7-6-10-20-14/h13-16,18H,5-12H2,1-4H3. The minimum atomic E-state index is -0.771. The van der Waals surface area contributed by atoms with Crippen molar-refractivity contribution in [1.82, 2.24) is 5.32 Å². The van der Waals surface area contributed by atoms with Gasteiger partial charge in [-0.25, -0.2) is 0 Å². The lowest BCUT2D eigenvalue weighted by Gasteiger charge is -2.42. The third kappa shape index (κ3) is 4.29. The van der Waals surface area contributed by atoms with Gasteiger partial charge in [-0.15, -0.1) is 0 Å². The van der Waals surface area contributed by atoms with Gasteiger partial charge in [0.2, 0.25) is 0 Å². The van der Waals surface area contributed by atoms with E-state index in [1.165, 1.54) is 12.8 Å². The Kier molecular flexibility index (Phi) is 6.27. The first kappa shape index (κ1) is 17.4. The molecule has 2 fully saturated rings. The average Bonchev–Trinajstić information content (AvgIpc) is 2.99. The molecular weight excluding hydrogens is 282 g/mol. The summed E-state index contributed by atoms with van der Waals surface area (Å²) < 4.78 is 18.6. The molecule has 1 saturated carbocycles. The lowest BCUT2D eigenvalue weighted by atomic mass is 9.68. The monoisotopic (exact) mass is 315 g/mol. The van der Waals surface area contributed by atoms with Crippen LogP contribution in [0.2, 0.25) is 0 Å². The fraction of sp³-hybridized carbons (Fsp3) is 1.00. The highest BCUT2D eigenvalue weighted by Crippen LogP contribution is 2.41. The maximum Gasteiger partial charge on any atom is 0.0691 e. The van der Waals surface area contributed by atoms with Gasteiger partial charge in [-0.1, -0.05) is 27.2 Å². The Labute approximate surface area is 133 Å². The highest BCUT2D eigenvalue weighted by atomic mass is 32.2. The molecule has 1 saturated heterocycles. The zero-order chi connectivity index (χ0) is 15.5. The van der Waals surface area contributed by atoms with Crippen molar-refractivity contribution in [2.75, 3.05) is 19.4 Å². The lowest BCUT2D eigenvalue weighted by Crippen LogP contribution is -2.48. The van der Waals surface area contributed by atoms with Gasteiger partial charge in [0.1, 0.15) is 0 Å². The quantitative estimate of drug-likeness (QED) is 0.818. The van der Waals surface area contributed by atoms with Gasteiger partial charge in [0.05, 0.1) is 17.1 Å². The number of rotatable bonds is 6. The molecule has 0 radical (unpaired) electrons. The molecule has 0 aromatic rings. The van der Waals surface area contributed by atoms with Gasteiger partial charge in [-0.05, 0) is 50.5 Å². The molecule has 4 heteroatoms. The summed E-state index contributed by atoms with van der Waals surface area (Å²) in [5, 5.41) is 3.71. The van der Waals surface area contributed by atoms with E-state index in [1.54, 1.807) is 0 Å². The minimum Gasteiger partial charge on any atom is -0.377 e. The predicted octanol–water partition coefficient (Wildman–Crippen LogP) is 3.11. The summed E-state index contributed by atoms with van der Waals surface area (Å²) in [6.07, 6.45) is 7.19. The molecule has 5 unspecified atom stereocenters. The molecule has 1 aliphatic heterocycles. The van der Waals surface area contributed by atoms with Gasteiger partial charge in [-0.3, -0.25) is 4.21 Å². The van der Waals surface area contributed by atoms with E-state index in [2.05, 4.69) is 26.1 Å². The van der Waals surface area contributed by atoms with Crippen LogP contribution in [0.4, 0.5) is 0 Å². The topological polar surface area (TPSA) is 38.3 Å². The first-order valence-corrected chi connectivity index (χ1v) is 10.0. The van der Waals surface area contributed by atoms with Gasteiger partial charge in [0, 0.05) is 23.4 Å². The second kappa shape index (κ2) is 7.56. The lowest BCUT2D eigenvalue weighted by molar-refractivity contribution is 0.126. The molecule has 21 heavy (non-hydrogen) atoms. The predicted molar refractivity (Wildman–Crippen MR) is 90.0 cm³/mol. The molecule has 2 rings (SSSR count). The fourth-order valence-corrected chi connectivity index (χ4v) is 5.79. The number of hydrogen-bond donors (Lipinski definition) is 1. The molecule has 124 valence electrons. The largest absolute Gasteiger partial charge is 0.377 e. The van der Waals surface area contributed by atoms with Crippen LogP contribution in [0.25, 0.3) is 0 Å². The van der Waals surface area contributed by atoms with Crippen molar-refractivity contribution in [3.63, 3.8) is 0 Å². The molecule has 3 nitrogen and oxygen atoms in total. The molecule has 1 heterocycles. The van der Waals surface area contributed by atoms with Crippen LogP contribution in [0.5, 0.6) is 0 Å². The summed E-state index contributed by atoms with van der Waals surface area (Å²) in [7, 11) is 1.25. The Morgan fingerprint density at radius 1 is 1.29 bits per heavy atom. The van der Waals surface area contributed by atoms with E-state index >= 15 is 0 Å². The summed E-state index contributed by atoms with van der Waals surface area (Å²) >= 11 is 0. The molecule has 0 bridgehead atoms. The van der Waals surface area contributed by atoms with Gasteiger partial charge in [0.25, 0.3) is 0 Å². The van der Waals surface area contributed by atoms with Gasteiger partial charge < -0.3 is 10.1 Å². The molecule has 0 aromatic heterocycles. The molecule has 0 amide bonds. The van der Waals surface area contributed by atoms with Crippen LogP contribution in [-0.4, -0.2) is 41.0 Å². The van der Waals surface area contributed by atoms with E-state index in [9.17, 15) is 4.21 Å². The number of ether oxygens (including phenoxy) is 1. The van der Waals surface area contributed by atoms with Crippen molar-refractivity contribution in [2.45, 2.75) is 76.7 Å². The van der Waals surface area contributed by atoms with Crippen LogP contribution in [0.3, 0.4) is 0 Å². The highest BCUT2D eigenvalue weighted by molar-refractivity contribution is 7.85. The Morgan fingerprint density at radius 2 is 2.05 bits per heavy atom. The Hall–Kier alpha value is 0.0700. The van der Waals surface area contributed by atoms with E-state index in [0.29, 0.717) is 22.6 Å². The number of hydrogen-bond acceptors (Lipinski definition) is 3. The van der Waals surface area contributed by atoms with Crippen LogP contribution >= 0.6 is 0 Å². The Balaban J connectivity index is 2.00. The molecule has 1 aliphatic carbocycles. The van der Waals surface area contributed by atoms with Crippen molar-refractivity contribution >= 4 is 10.8 Å². The highest BCUT2D eigenvalue weighted by Gasteiger charge is 2.39. The van der Waals surface area contributed by atoms with Gasteiger partial charge >= 0.3 is 0 Å². The third-order valence-corrected chi connectivity index (χ3v) is 7.79. The van der Waals surface area contributed by atoms with Crippen LogP contribution in [0.15, 0.2) is 0 Å². The van der Waals surface area contributed by atoms with Crippen molar-refractivity contribution < 1.29 is 8.95 Å². The third-order valence-electron chi connectivity index (χ3n) is 5.89. The maximum atomic E-state index is 12.9. The summed E-state index contributed by atoms with van der Waals surface area (Å²) in [5.41, 5.74) is 0.366. The number of nitrogens with one attached hydrogen (secondary N) is 1. The second-order valence-electron chi connectivity index (χ2n) is 7.47. The molecule has 2 aliphatic rings. The van der Waals surface area contributed by atoms with Crippen LogP contribution < -0.4 is 5.32 Å². The second-order valence-corrected chi connectivity index (χ2v) is 9.17. The smallest absolute Gasteiger partial charge is 0.0691 e. The van der Waals surface area contributed by atoms with Crippen molar-refractivity contribution in [3.8, 4) is 0 Å². The van der Waals surface area contributed by atoms with Crippen LogP contribution in [0.1, 0.15) is 59.3 Å². The molecule has 1 N–H and O–H groups in total. The summed E-state index contributed by atoms with van der Waals surface area (Å²) in [4.78, 5) is 0. The summed E-state index contributed by atoms with van der Waals surface area (Å²) in [5.74, 6) is 1.44. The van der Waals surface area contributed by atoms with Crippen molar-refractivity contribution in [2.24, 2.45) is 11.3 Å². The Bertz CT molecular complexity index is 353. The molecular formula is C17H33NO2S. The molecule has 0 spiro atoms. The van der Waals surface area contributed by atoms with Crippen molar-refractivity contribution in [1.29, 1.82) is 0 Å². The molecule has 5 atom stereocenters. The fourth-order valence-electron chi connectivity index (χ4n) is 3.83. The summed E-state index contributed by atoms with van der Waals surface area (Å²) in [6.45, 7) is 7.88. The van der Waals surface area contributed by atoms with Gasteiger partial charge in [-0.2, -0.15) is 0 Å². The maximum absolute atomic E-state index is 12.9. The van der Waals surface area contributed by atoms with E-state index in [0.717, 1.165) is 38.0 Å². The first-order chi connectivity index (χ1) is 9.97. The Morgan fingerprint density at radius 3 is 2.62 bits per heavy atom. The molecule has 0 aromatic carbocycles. The van der Waals surface area contributed by atoms with E-state index in [1.807, 2.05) is 7.05 Å². The van der Waals surface area contributed by atoms with Crippen LogP contribution in [-0.2, 0) is 15.5 Å². The van der Waals surface area contributed by atoms with E-state index in [-0.39, 0.29) is 6.10 Å². The van der Waals surface area contributed by atoms with E-state index in [4.69, 9.17) is 4.74 Å². The SMILES string of the molecule is CCC(C)(C)C1CCC(NC)C(S(=O)CC2CCCO2)C1.